The largest absolute Gasteiger partial charge is 0.493 e. The molecule has 0 fully saturated rings. The molecule has 3 heterocycles. The van der Waals surface area contributed by atoms with Gasteiger partial charge in [0.15, 0.2) is 23.0 Å². The Labute approximate surface area is 195 Å². The first-order valence-corrected chi connectivity index (χ1v) is 12.4. The van der Waals surface area contributed by atoms with E-state index in [2.05, 4.69) is 20.0 Å². The molecule has 3 aromatic heterocycles. The van der Waals surface area contributed by atoms with Crippen LogP contribution in [0.4, 0.5) is 0 Å². The third kappa shape index (κ3) is 4.92. The SMILES string of the molecule is CCc1ccc(S(=O)(=O)NCCOc2ccc3nnc(-c4ccc(OC)c(OC)c4)n3n2)s1. The van der Waals surface area contributed by atoms with Crippen molar-refractivity contribution in [1.82, 2.24) is 24.5 Å². The molecule has 1 N–H and O–H groups in total. The molecule has 4 rings (SSSR count). The fourth-order valence-electron chi connectivity index (χ4n) is 3.10. The van der Waals surface area contributed by atoms with Crippen LogP contribution in [0, 0.1) is 0 Å². The Morgan fingerprint density at radius 2 is 1.85 bits per heavy atom. The lowest BCUT2D eigenvalue weighted by Gasteiger charge is -2.09. The standard InChI is InChI=1S/C21H23N5O5S2/c1-4-15-6-10-20(32-15)33(27,28)22-11-12-31-19-9-8-18-23-24-21(26(18)25-19)14-5-7-16(29-2)17(13-14)30-3/h5-10,13,22H,4,11-12H2,1-3H3. The van der Waals surface area contributed by atoms with Crippen molar-refractivity contribution in [2.45, 2.75) is 17.6 Å². The van der Waals surface area contributed by atoms with Gasteiger partial charge in [0.1, 0.15) is 10.8 Å². The van der Waals surface area contributed by atoms with Crippen LogP contribution in [-0.4, -0.2) is 55.6 Å². The topological polar surface area (TPSA) is 117 Å². The summed E-state index contributed by atoms with van der Waals surface area (Å²) in [6.45, 7) is 2.20. The van der Waals surface area contributed by atoms with Crippen molar-refractivity contribution in [2.24, 2.45) is 0 Å². The zero-order chi connectivity index (χ0) is 23.4. The molecule has 0 bridgehead atoms. The smallest absolute Gasteiger partial charge is 0.250 e. The lowest BCUT2D eigenvalue weighted by molar-refractivity contribution is 0.306. The number of hydrogen-bond acceptors (Lipinski definition) is 9. The summed E-state index contributed by atoms with van der Waals surface area (Å²) < 4.78 is 45.5. The Bertz CT molecular complexity index is 1370. The molecule has 0 saturated carbocycles. The first-order valence-electron chi connectivity index (χ1n) is 10.1. The van der Waals surface area contributed by atoms with Crippen LogP contribution in [0.1, 0.15) is 11.8 Å². The van der Waals surface area contributed by atoms with E-state index in [1.165, 1.54) is 11.3 Å². The summed E-state index contributed by atoms with van der Waals surface area (Å²) in [7, 11) is -0.438. The average Bonchev–Trinajstić information content (AvgIpc) is 3.49. The molecule has 0 radical (unpaired) electrons. The second-order valence-corrected chi connectivity index (χ2v) is 10.0. The monoisotopic (exact) mass is 489 g/mol. The van der Waals surface area contributed by atoms with E-state index in [-0.39, 0.29) is 13.2 Å². The average molecular weight is 490 g/mol. The zero-order valence-corrected chi connectivity index (χ0v) is 19.9. The number of thiophene rings is 1. The molecule has 1 aromatic carbocycles. The van der Waals surface area contributed by atoms with Crippen molar-refractivity contribution in [1.29, 1.82) is 0 Å². The summed E-state index contributed by atoms with van der Waals surface area (Å²) in [4.78, 5) is 1.02. The van der Waals surface area contributed by atoms with Gasteiger partial charge in [-0.15, -0.1) is 26.6 Å². The number of sulfonamides is 1. The summed E-state index contributed by atoms with van der Waals surface area (Å²) in [5, 5.41) is 12.8. The highest BCUT2D eigenvalue weighted by Gasteiger charge is 2.17. The fourth-order valence-corrected chi connectivity index (χ4v) is 5.45. The molecule has 0 atom stereocenters. The number of fused-ring (bicyclic) bond motifs is 1. The van der Waals surface area contributed by atoms with Gasteiger partial charge in [-0.3, -0.25) is 0 Å². The normalized spacial score (nSPS) is 11.6. The Hall–Kier alpha value is -3.22. The Morgan fingerprint density at radius 3 is 2.58 bits per heavy atom. The molecule has 0 aliphatic rings. The van der Waals surface area contributed by atoms with Crippen LogP contribution < -0.4 is 18.9 Å². The lowest BCUT2D eigenvalue weighted by Crippen LogP contribution is -2.27. The first kappa shape index (κ1) is 23.0. The van der Waals surface area contributed by atoms with Crippen LogP contribution in [0.5, 0.6) is 17.4 Å². The number of aryl methyl sites for hydroxylation is 1. The highest BCUT2D eigenvalue weighted by molar-refractivity contribution is 7.91. The molecule has 33 heavy (non-hydrogen) atoms. The van der Waals surface area contributed by atoms with E-state index < -0.39 is 10.0 Å². The number of methoxy groups -OCH3 is 2. The van der Waals surface area contributed by atoms with Gasteiger partial charge in [0.25, 0.3) is 0 Å². The maximum atomic E-state index is 12.4. The van der Waals surface area contributed by atoms with Crippen molar-refractivity contribution >= 4 is 27.0 Å². The van der Waals surface area contributed by atoms with Gasteiger partial charge in [0.2, 0.25) is 15.9 Å². The van der Waals surface area contributed by atoms with E-state index in [1.807, 2.05) is 19.1 Å². The number of nitrogens with one attached hydrogen (secondary N) is 1. The molecule has 174 valence electrons. The number of hydrogen-bond donors (Lipinski definition) is 1. The van der Waals surface area contributed by atoms with E-state index in [1.54, 1.807) is 49.1 Å². The molecule has 10 nitrogen and oxygen atoms in total. The van der Waals surface area contributed by atoms with E-state index in [0.29, 0.717) is 33.1 Å². The fraction of sp³-hybridized carbons (Fsp3) is 0.286. The van der Waals surface area contributed by atoms with Gasteiger partial charge in [-0.25, -0.2) is 13.1 Å². The quantitative estimate of drug-likeness (QED) is 0.338. The van der Waals surface area contributed by atoms with Crippen molar-refractivity contribution in [3.63, 3.8) is 0 Å². The second-order valence-electron chi connectivity index (χ2n) is 6.86. The zero-order valence-electron chi connectivity index (χ0n) is 18.3. The number of ether oxygens (including phenoxy) is 3. The summed E-state index contributed by atoms with van der Waals surface area (Å²) in [6, 6.07) is 12.2. The van der Waals surface area contributed by atoms with Crippen LogP contribution in [0.15, 0.2) is 46.7 Å². The molecule has 0 saturated heterocycles. The molecule has 0 amide bonds. The summed E-state index contributed by atoms with van der Waals surface area (Å²) in [6.07, 6.45) is 0.797. The lowest BCUT2D eigenvalue weighted by atomic mass is 10.2. The van der Waals surface area contributed by atoms with Crippen LogP contribution >= 0.6 is 11.3 Å². The Balaban J connectivity index is 1.45. The van der Waals surface area contributed by atoms with Crippen molar-refractivity contribution < 1.29 is 22.6 Å². The van der Waals surface area contributed by atoms with Crippen molar-refractivity contribution in [2.75, 3.05) is 27.4 Å². The predicted molar refractivity (Wildman–Crippen MR) is 124 cm³/mol. The minimum absolute atomic E-state index is 0.103. The predicted octanol–water partition coefficient (Wildman–Crippen LogP) is 2.79. The molecular formula is C21H23N5O5S2. The Morgan fingerprint density at radius 1 is 1.03 bits per heavy atom. The molecule has 0 aliphatic heterocycles. The van der Waals surface area contributed by atoms with Gasteiger partial charge >= 0.3 is 0 Å². The van der Waals surface area contributed by atoms with E-state index in [0.717, 1.165) is 16.9 Å². The minimum atomic E-state index is -3.56. The maximum absolute atomic E-state index is 12.4. The van der Waals surface area contributed by atoms with Gasteiger partial charge in [-0.05, 0) is 42.8 Å². The van der Waals surface area contributed by atoms with E-state index in [9.17, 15) is 8.42 Å². The van der Waals surface area contributed by atoms with Gasteiger partial charge in [-0.1, -0.05) is 6.92 Å². The second kappa shape index (κ2) is 9.73. The molecule has 0 unspecified atom stereocenters. The third-order valence-corrected chi connectivity index (χ3v) is 7.96. The summed E-state index contributed by atoms with van der Waals surface area (Å²) >= 11 is 1.26. The highest BCUT2D eigenvalue weighted by Crippen LogP contribution is 2.31. The molecule has 0 spiro atoms. The number of aromatic nitrogens is 4. The molecule has 0 aliphatic carbocycles. The third-order valence-electron chi connectivity index (χ3n) is 4.77. The summed E-state index contributed by atoms with van der Waals surface area (Å²) in [5.74, 6) is 1.97. The van der Waals surface area contributed by atoms with Gasteiger partial charge in [-0.2, -0.15) is 4.52 Å². The van der Waals surface area contributed by atoms with Crippen molar-refractivity contribution in [3.8, 4) is 28.8 Å². The first-order chi connectivity index (χ1) is 15.9. The number of nitrogens with zero attached hydrogens (tertiary/aromatic N) is 4. The van der Waals surface area contributed by atoms with Crippen molar-refractivity contribution in [3.05, 3.63) is 47.3 Å². The minimum Gasteiger partial charge on any atom is -0.493 e. The maximum Gasteiger partial charge on any atom is 0.250 e. The molecular weight excluding hydrogens is 466 g/mol. The van der Waals surface area contributed by atoms with Crippen LogP contribution in [0.3, 0.4) is 0 Å². The Kier molecular flexibility index (Phi) is 6.77. The van der Waals surface area contributed by atoms with Gasteiger partial charge in [0.05, 0.1) is 14.2 Å². The highest BCUT2D eigenvalue weighted by atomic mass is 32.2. The van der Waals surface area contributed by atoms with Crippen LogP contribution in [0.25, 0.3) is 17.0 Å². The molecule has 4 aromatic rings. The van der Waals surface area contributed by atoms with Gasteiger partial charge < -0.3 is 14.2 Å². The van der Waals surface area contributed by atoms with Gasteiger partial charge in [0, 0.05) is 23.1 Å². The van der Waals surface area contributed by atoms with E-state index in [4.69, 9.17) is 14.2 Å². The van der Waals surface area contributed by atoms with E-state index >= 15 is 0 Å². The van der Waals surface area contributed by atoms with Crippen LogP contribution in [0.2, 0.25) is 0 Å². The number of benzene rings is 1. The number of rotatable bonds is 10. The summed E-state index contributed by atoms with van der Waals surface area (Å²) in [5.41, 5.74) is 1.28. The molecule has 12 heteroatoms. The van der Waals surface area contributed by atoms with Crippen LogP contribution in [-0.2, 0) is 16.4 Å².